The van der Waals surface area contributed by atoms with E-state index in [4.69, 9.17) is 14.2 Å². The van der Waals surface area contributed by atoms with Gasteiger partial charge in [-0.15, -0.1) is 5.10 Å². The van der Waals surface area contributed by atoms with Crippen molar-refractivity contribution in [3.63, 3.8) is 0 Å². The molecule has 2 aromatic carbocycles. The number of fused-ring (bicyclic) bond motifs is 2. The van der Waals surface area contributed by atoms with E-state index >= 15 is 0 Å². The maximum Gasteiger partial charge on any atom is 0.414 e. The van der Waals surface area contributed by atoms with Gasteiger partial charge >= 0.3 is 6.09 Å². The Kier molecular flexibility index (Phi) is 4.74. The van der Waals surface area contributed by atoms with Gasteiger partial charge in [0.05, 0.1) is 24.5 Å². The molecule has 1 amide bonds. The van der Waals surface area contributed by atoms with Gasteiger partial charge in [0.25, 0.3) is 0 Å². The Balaban J connectivity index is 1.28. The Morgan fingerprint density at radius 2 is 1.83 bits per heavy atom. The van der Waals surface area contributed by atoms with Crippen LogP contribution in [0.1, 0.15) is 25.5 Å². The van der Waals surface area contributed by atoms with Crippen molar-refractivity contribution in [2.45, 2.75) is 38.8 Å². The van der Waals surface area contributed by atoms with Crippen LogP contribution in [0.4, 0.5) is 10.5 Å². The summed E-state index contributed by atoms with van der Waals surface area (Å²) in [5.41, 5.74) is 1.66. The zero-order chi connectivity index (χ0) is 20.5. The van der Waals surface area contributed by atoms with Crippen LogP contribution in [0.3, 0.4) is 0 Å². The fourth-order valence-corrected chi connectivity index (χ4v) is 3.62. The highest BCUT2D eigenvalue weighted by atomic mass is 16.6. The molecule has 0 spiro atoms. The Hall–Kier alpha value is -3.55. The molecule has 1 fully saturated rings. The van der Waals surface area contributed by atoms with Gasteiger partial charge in [0, 0.05) is 12.3 Å². The average molecular weight is 406 g/mol. The van der Waals surface area contributed by atoms with E-state index < -0.39 is 0 Å². The molecule has 3 heterocycles. The third-order valence-corrected chi connectivity index (χ3v) is 5.17. The van der Waals surface area contributed by atoms with E-state index in [-0.39, 0.29) is 12.2 Å². The molecular weight excluding hydrogens is 384 g/mol. The summed E-state index contributed by atoms with van der Waals surface area (Å²) >= 11 is 0. The molecule has 0 unspecified atom stereocenters. The predicted molar refractivity (Wildman–Crippen MR) is 109 cm³/mol. The minimum absolute atomic E-state index is 0.299. The number of ether oxygens (including phenoxy) is 3. The molecule has 0 saturated carbocycles. The lowest BCUT2D eigenvalue weighted by molar-refractivity contribution is 0.129. The number of aromatic nitrogens is 3. The number of hydrogen-bond donors (Lipinski definition) is 0. The quantitative estimate of drug-likeness (QED) is 0.468. The van der Waals surface area contributed by atoms with Crippen molar-refractivity contribution < 1.29 is 19.0 Å². The van der Waals surface area contributed by atoms with Crippen LogP contribution in [-0.2, 0) is 17.7 Å². The molecule has 0 bridgehead atoms. The first-order chi connectivity index (χ1) is 14.7. The Labute approximate surface area is 174 Å². The summed E-state index contributed by atoms with van der Waals surface area (Å²) in [6.07, 6.45) is 4.35. The van der Waals surface area contributed by atoms with Gasteiger partial charge in [0.2, 0.25) is 0 Å². The Morgan fingerprint density at radius 1 is 1.07 bits per heavy atom. The number of carbonyl (C=O) groups is 1. The SMILES string of the molecule is CCCCc1cn(C[C@H]2CN(c3ccc4c(c3)Oc3ccccc3O4)C(=O)O2)nn1. The molecule has 1 saturated heterocycles. The van der Waals surface area contributed by atoms with E-state index in [1.165, 1.54) is 0 Å². The van der Waals surface area contributed by atoms with Crippen molar-refractivity contribution in [2.75, 3.05) is 11.4 Å². The summed E-state index contributed by atoms with van der Waals surface area (Å²) in [4.78, 5) is 14.1. The van der Waals surface area contributed by atoms with Crippen molar-refractivity contribution in [1.29, 1.82) is 0 Å². The summed E-state index contributed by atoms with van der Waals surface area (Å²) < 4.78 is 19.1. The van der Waals surface area contributed by atoms with Gasteiger partial charge < -0.3 is 14.2 Å². The largest absolute Gasteiger partial charge is 0.450 e. The number of para-hydroxylation sites is 2. The van der Waals surface area contributed by atoms with E-state index in [0.29, 0.717) is 41.8 Å². The van der Waals surface area contributed by atoms with Crippen LogP contribution in [0.2, 0.25) is 0 Å². The molecule has 30 heavy (non-hydrogen) atoms. The van der Waals surface area contributed by atoms with Crippen LogP contribution in [0.25, 0.3) is 0 Å². The second kappa shape index (κ2) is 7.70. The highest BCUT2D eigenvalue weighted by Crippen LogP contribution is 2.46. The van der Waals surface area contributed by atoms with E-state index in [0.717, 1.165) is 25.0 Å². The van der Waals surface area contributed by atoms with Gasteiger partial charge in [0.1, 0.15) is 6.10 Å². The maximum absolute atomic E-state index is 12.5. The molecule has 2 aliphatic heterocycles. The van der Waals surface area contributed by atoms with Crippen LogP contribution >= 0.6 is 0 Å². The number of hydrogen-bond acceptors (Lipinski definition) is 6. The number of anilines is 1. The molecule has 1 aromatic heterocycles. The third-order valence-electron chi connectivity index (χ3n) is 5.17. The normalized spacial score (nSPS) is 17.0. The molecule has 0 radical (unpaired) electrons. The molecule has 2 aliphatic rings. The average Bonchev–Trinajstić information content (AvgIpc) is 3.36. The fourth-order valence-electron chi connectivity index (χ4n) is 3.62. The number of nitrogens with zero attached hydrogens (tertiary/aromatic N) is 4. The highest BCUT2D eigenvalue weighted by Gasteiger charge is 2.33. The summed E-state index contributed by atoms with van der Waals surface area (Å²) in [6.45, 7) is 3.05. The number of amides is 1. The van der Waals surface area contributed by atoms with Gasteiger partial charge in [0.15, 0.2) is 23.0 Å². The van der Waals surface area contributed by atoms with E-state index in [1.54, 1.807) is 21.7 Å². The molecule has 154 valence electrons. The number of unbranched alkanes of at least 4 members (excludes halogenated alkanes) is 1. The first-order valence-electron chi connectivity index (χ1n) is 10.2. The lowest BCUT2D eigenvalue weighted by atomic mass is 10.2. The minimum Gasteiger partial charge on any atom is -0.450 e. The van der Waals surface area contributed by atoms with Crippen LogP contribution in [0, 0.1) is 0 Å². The van der Waals surface area contributed by atoms with Crippen molar-refractivity contribution in [3.05, 3.63) is 54.4 Å². The second-order valence-corrected chi connectivity index (χ2v) is 7.43. The smallest absolute Gasteiger partial charge is 0.414 e. The van der Waals surface area contributed by atoms with Gasteiger partial charge in [-0.2, -0.15) is 0 Å². The molecule has 0 aliphatic carbocycles. The molecule has 8 heteroatoms. The minimum atomic E-state index is -0.386. The number of aryl methyl sites for hydroxylation is 1. The van der Waals surface area contributed by atoms with Gasteiger partial charge in [-0.3, -0.25) is 4.90 Å². The van der Waals surface area contributed by atoms with Crippen LogP contribution < -0.4 is 14.4 Å². The predicted octanol–water partition coefficient (Wildman–Crippen LogP) is 4.54. The second-order valence-electron chi connectivity index (χ2n) is 7.43. The zero-order valence-electron chi connectivity index (χ0n) is 16.7. The zero-order valence-corrected chi connectivity index (χ0v) is 16.7. The van der Waals surface area contributed by atoms with Crippen molar-refractivity contribution in [1.82, 2.24) is 15.0 Å². The van der Waals surface area contributed by atoms with Crippen LogP contribution in [0.5, 0.6) is 23.0 Å². The maximum atomic E-state index is 12.5. The molecule has 0 N–H and O–H groups in total. The molecule has 1 atom stereocenters. The monoisotopic (exact) mass is 406 g/mol. The molecule has 5 rings (SSSR count). The van der Waals surface area contributed by atoms with Crippen LogP contribution in [0.15, 0.2) is 48.7 Å². The van der Waals surface area contributed by atoms with Crippen molar-refractivity contribution in [3.8, 4) is 23.0 Å². The van der Waals surface area contributed by atoms with Crippen LogP contribution in [-0.4, -0.2) is 33.7 Å². The summed E-state index contributed by atoms with van der Waals surface area (Å²) in [5.74, 6) is 2.50. The number of carbonyl (C=O) groups excluding carboxylic acids is 1. The van der Waals surface area contributed by atoms with Crippen molar-refractivity contribution >= 4 is 11.8 Å². The first-order valence-corrected chi connectivity index (χ1v) is 10.2. The van der Waals surface area contributed by atoms with E-state index in [1.807, 2.05) is 36.5 Å². The molecule has 8 nitrogen and oxygen atoms in total. The number of benzene rings is 2. The summed E-state index contributed by atoms with van der Waals surface area (Å²) in [6, 6.07) is 12.9. The van der Waals surface area contributed by atoms with Gasteiger partial charge in [-0.1, -0.05) is 30.7 Å². The summed E-state index contributed by atoms with van der Waals surface area (Å²) in [5, 5.41) is 8.34. The molecular formula is C22H22N4O4. The summed E-state index contributed by atoms with van der Waals surface area (Å²) in [7, 11) is 0. The number of rotatable bonds is 6. The lowest BCUT2D eigenvalue weighted by Gasteiger charge is -2.22. The highest BCUT2D eigenvalue weighted by molar-refractivity contribution is 5.90. The molecule has 3 aromatic rings. The van der Waals surface area contributed by atoms with Gasteiger partial charge in [-0.25, -0.2) is 9.48 Å². The Bertz CT molecular complexity index is 1080. The topological polar surface area (TPSA) is 78.7 Å². The van der Waals surface area contributed by atoms with E-state index in [2.05, 4.69) is 17.2 Å². The fraction of sp³-hybridized carbons (Fsp3) is 0.318. The third kappa shape index (κ3) is 3.56. The first kappa shape index (κ1) is 18.5. The number of cyclic esters (lactones) is 1. The standard InChI is InChI=1S/C22H22N4O4/c1-2-3-6-15-12-25(24-23-15)13-17-14-26(22(27)28-17)16-9-10-20-21(11-16)30-19-8-5-4-7-18(19)29-20/h4-5,7-12,17H,2-3,6,13-14H2,1H3/t17-/m0/s1. The van der Waals surface area contributed by atoms with Gasteiger partial charge in [-0.05, 0) is 37.1 Å². The van der Waals surface area contributed by atoms with E-state index in [9.17, 15) is 4.79 Å². The Morgan fingerprint density at radius 3 is 2.63 bits per heavy atom. The van der Waals surface area contributed by atoms with Crippen molar-refractivity contribution in [2.24, 2.45) is 0 Å². The lowest BCUT2D eigenvalue weighted by Crippen LogP contribution is -2.26.